The molecule has 0 spiro atoms. The van der Waals surface area contributed by atoms with Crippen molar-refractivity contribution in [3.63, 3.8) is 0 Å². The van der Waals surface area contributed by atoms with Gasteiger partial charge in [0, 0.05) is 37.2 Å². The number of nitrogens with zero attached hydrogens (tertiary/aromatic N) is 3. The smallest absolute Gasteiger partial charge is 0.248 e. The highest BCUT2D eigenvalue weighted by Crippen LogP contribution is 2.24. The van der Waals surface area contributed by atoms with Crippen LogP contribution in [0.25, 0.3) is 0 Å². The Morgan fingerprint density at radius 2 is 1.97 bits per heavy atom. The first kappa shape index (κ1) is 21.8. The second-order valence-electron chi connectivity index (χ2n) is 7.10. The van der Waals surface area contributed by atoms with Gasteiger partial charge in [-0.05, 0) is 38.5 Å². The lowest BCUT2D eigenvalue weighted by atomic mass is 10.1. The Hall–Kier alpha value is -1.94. The zero-order valence-electron chi connectivity index (χ0n) is 16.7. The Bertz CT molecular complexity index is 964. The summed E-state index contributed by atoms with van der Waals surface area (Å²) in [5, 5.41) is 7.58. The van der Waals surface area contributed by atoms with Gasteiger partial charge in [0.05, 0.1) is 6.54 Å². The van der Waals surface area contributed by atoms with Crippen LogP contribution < -0.4 is 5.32 Å². The van der Waals surface area contributed by atoms with E-state index in [2.05, 4.69) is 10.5 Å². The van der Waals surface area contributed by atoms with Crippen LogP contribution in [0.3, 0.4) is 0 Å². The molecule has 0 radical (unpaired) electrons. The summed E-state index contributed by atoms with van der Waals surface area (Å²) in [4.78, 5) is 14.3. The number of amides is 1. The van der Waals surface area contributed by atoms with Gasteiger partial charge in [-0.2, -0.15) is 4.31 Å². The molecule has 1 atom stereocenters. The molecular formula is C19H25ClN4O4S. The number of hydrogen-bond donors (Lipinski definition) is 1. The van der Waals surface area contributed by atoms with Crippen LogP contribution in [0, 0.1) is 13.8 Å². The highest BCUT2D eigenvalue weighted by atomic mass is 35.5. The lowest BCUT2D eigenvalue weighted by molar-refractivity contribution is -0.131. The molecule has 3 rings (SSSR count). The number of piperazine rings is 1. The van der Waals surface area contributed by atoms with Crippen LogP contribution in [0.15, 0.2) is 33.7 Å². The fraction of sp³-hybridized carbons (Fsp3) is 0.474. The van der Waals surface area contributed by atoms with Crippen LogP contribution in [-0.4, -0.2) is 61.4 Å². The van der Waals surface area contributed by atoms with Crippen molar-refractivity contribution in [3.8, 4) is 0 Å². The standard InChI is InChI=1S/C19H25ClN4O4S/c1-13(16-5-4-6-17(20)11-16)21-12-18(25)23-7-9-24(10-8-23)29(26,27)19-14(2)22-28-15(19)3/h4-6,11,13,21H,7-10,12H2,1-3H3. The van der Waals surface area contributed by atoms with Crippen LogP contribution >= 0.6 is 11.6 Å². The van der Waals surface area contributed by atoms with Crippen molar-refractivity contribution >= 4 is 27.5 Å². The summed E-state index contributed by atoms with van der Waals surface area (Å²) >= 11 is 6.01. The first-order valence-electron chi connectivity index (χ1n) is 9.40. The van der Waals surface area contributed by atoms with E-state index >= 15 is 0 Å². The Labute approximate surface area is 175 Å². The zero-order valence-corrected chi connectivity index (χ0v) is 18.3. The molecule has 1 saturated heterocycles. The molecule has 0 bridgehead atoms. The SMILES string of the molecule is Cc1noc(C)c1S(=O)(=O)N1CCN(C(=O)CNC(C)c2cccc(Cl)c2)CC1. The number of aromatic nitrogens is 1. The highest BCUT2D eigenvalue weighted by molar-refractivity contribution is 7.89. The lowest BCUT2D eigenvalue weighted by Crippen LogP contribution is -2.52. The molecule has 1 aromatic heterocycles. The summed E-state index contributed by atoms with van der Waals surface area (Å²) in [6.45, 7) is 6.49. The molecule has 29 heavy (non-hydrogen) atoms. The number of carbonyl (C=O) groups excluding carboxylic acids is 1. The number of aryl methyl sites for hydroxylation is 2. The number of carbonyl (C=O) groups is 1. The number of nitrogens with one attached hydrogen (secondary N) is 1. The molecule has 1 N–H and O–H groups in total. The van der Waals surface area contributed by atoms with Gasteiger partial charge in [-0.1, -0.05) is 28.9 Å². The van der Waals surface area contributed by atoms with Gasteiger partial charge in [-0.15, -0.1) is 0 Å². The van der Waals surface area contributed by atoms with E-state index in [-0.39, 0.29) is 42.2 Å². The summed E-state index contributed by atoms with van der Waals surface area (Å²) < 4.78 is 32.1. The molecular weight excluding hydrogens is 416 g/mol. The Kier molecular flexibility index (Phi) is 6.62. The van der Waals surface area contributed by atoms with E-state index in [9.17, 15) is 13.2 Å². The van der Waals surface area contributed by atoms with E-state index in [0.29, 0.717) is 23.8 Å². The zero-order chi connectivity index (χ0) is 21.2. The first-order valence-corrected chi connectivity index (χ1v) is 11.2. The van der Waals surface area contributed by atoms with Crippen molar-refractivity contribution in [1.29, 1.82) is 0 Å². The molecule has 1 fully saturated rings. The molecule has 2 aromatic rings. The second-order valence-corrected chi connectivity index (χ2v) is 9.41. The topological polar surface area (TPSA) is 95.8 Å². The minimum atomic E-state index is -3.68. The number of rotatable bonds is 6. The Balaban J connectivity index is 1.54. The van der Waals surface area contributed by atoms with Crippen molar-refractivity contribution in [1.82, 2.24) is 19.7 Å². The van der Waals surface area contributed by atoms with Crippen LogP contribution in [0.4, 0.5) is 0 Å². The third-order valence-corrected chi connectivity index (χ3v) is 7.44. The maximum absolute atomic E-state index is 12.9. The van der Waals surface area contributed by atoms with Gasteiger partial charge >= 0.3 is 0 Å². The van der Waals surface area contributed by atoms with Gasteiger partial charge in [0.25, 0.3) is 0 Å². The van der Waals surface area contributed by atoms with E-state index in [0.717, 1.165) is 5.56 Å². The summed E-state index contributed by atoms with van der Waals surface area (Å²) in [6.07, 6.45) is 0. The summed E-state index contributed by atoms with van der Waals surface area (Å²) in [6, 6.07) is 7.46. The van der Waals surface area contributed by atoms with Gasteiger partial charge in [-0.3, -0.25) is 4.79 Å². The molecule has 1 aliphatic heterocycles. The minimum absolute atomic E-state index is 0.0288. The number of benzene rings is 1. The summed E-state index contributed by atoms with van der Waals surface area (Å²) in [7, 11) is -3.68. The second kappa shape index (κ2) is 8.83. The molecule has 2 heterocycles. The summed E-state index contributed by atoms with van der Waals surface area (Å²) in [5.41, 5.74) is 1.35. The van der Waals surface area contributed by atoms with E-state index in [1.165, 1.54) is 4.31 Å². The molecule has 1 aromatic carbocycles. The first-order chi connectivity index (χ1) is 13.7. The van der Waals surface area contributed by atoms with Crippen LogP contribution in [0.1, 0.15) is 30.0 Å². The Morgan fingerprint density at radius 3 is 2.55 bits per heavy atom. The van der Waals surface area contributed by atoms with Crippen molar-refractivity contribution in [3.05, 3.63) is 46.3 Å². The van der Waals surface area contributed by atoms with Gasteiger partial charge in [0.1, 0.15) is 10.6 Å². The third kappa shape index (κ3) is 4.80. The van der Waals surface area contributed by atoms with E-state index in [4.69, 9.17) is 16.1 Å². The van der Waals surface area contributed by atoms with Crippen molar-refractivity contribution in [2.24, 2.45) is 0 Å². The quantitative estimate of drug-likeness (QED) is 0.739. The lowest BCUT2D eigenvalue weighted by Gasteiger charge is -2.34. The predicted octanol–water partition coefficient (Wildman–Crippen LogP) is 2.13. The fourth-order valence-electron chi connectivity index (χ4n) is 3.40. The average molecular weight is 441 g/mol. The normalized spacial score (nSPS) is 16.8. The van der Waals surface area contributed by atoms with Crippen LogP contribution in [0.5, 0.6) is 0 Å². The van der Waals surface area contributed by atoms with Gasteiger partial charge in [-0.25, -0.2) is 8.42 Å². The van der Waals surface area contributed by atoms with Crippen LogP contribution in [0.2, 0.25) is 5.02 Å². The van der Waals surface area contributed by atoms with E-state index in [1.807, 2.05) is 25.1 Å². The molecule has 8 nitrogen and oxygen atoms in total. The predicted molar refractivity (Wildman–Crippen MR) is 109 cm³/mol. The molecule has 0 aliphatic carbocycles. The molecule has 1 unspecified atom stereocenters. The van der Waals surface area contributed by atoms with Crippen molar-refractivity contribution in [2.45, 2.75) is 31.7 Å². The number of halogens is 1. The molecule has 10 heteroatoms. The fourth-order valence-corrected chi connectivity index (χ4v) is 5.31. The van der Waals surface area contributed by atoms with Gasteiger partial charge in [0.15, 0.2) is 5.76 Å². The third-order valence-electron chi connectivity index (χ3n) is 5.07. The maximum atomic E-state index is 12.9. The minimum Gasteiger partial charge on any atom is -0.360 e. The van der Waals surface area contributed by atoms with E-state index < -0.39 is 10.0 Å². The number of hydrogen-bond acceptors (Lipinski definition) is 6. The average Bonchev–Trinajstić information content (AvgIpc) is 3.04. The molecule has 1 aliphatic rings. The van der Waals surface area contributed by atoms with Crippen molar-refractivity contribution in [2.75, 3.05) is 32.7 Å². The molecule has 1 amide bonds. The van der Waals surface area contributed by atoms with Crippen molar-refractivity contribution < 1.29 is 17.7 Å². The Morgan fingerprint density at radius 1 is 1.28 bits per heavy atom. The number of sulfonamides is 1. The van der Waals surface area contributed by atoms with Gasteiger partial charge in [0.2, 0.25) is 15.9 Å². The highest BCUT2D eigenvalue weighted by Gasteiger charge is 2.34. The summed E-state index contributed by atoms with van der Waals surface area (Å²) in [5.74, 6) is 0.216. The molecule has 0 saturated carbocycles. The largest absolute Gasteiger partial charge is 0.360 e. The monoisotopic (exact) mass is 440 g/mol. The van der Waals surface area contributed by atoms with E-state index in [1.54, 1.807) is 24.8 Å². The molecule has 158 valence electrons. The van der Waals surface area contributed by atoms with Gasteiger partial charge < -0.3 is 14.7 Å². The maximum Gasteiger partial charge on any atom is 0.248 e. The van der Waals surface area contributed by atoms with Crippen LogP contribution in [-0.2, 0) is 14.8 Å².